The van der Waals surface area contributed by atoms with Crippen LogP contribution in [-0.4, -0.2) is 47.3 Å². The Labute approximate surface area is 164 Å². The van der Waals surface area contributed by atoms with E-state index < -0.39 is 0 Å². The Morgan fingerprint density at radius 3 is 2.71 bits per heavy atom. The Balaban J connectivity index is 1.25. The molecule has 4 rings (SSSR count). The molecule has 7 heteroatoms. The van der Waals surface area contributed by atoms with Gasteiger partial charge in [0.1, 0.15) is 5.82 Å². The third-order valence-electron chi connectivity index (χ3n) is 5.75. The van der Waals surface area contributed by atoms with Gasteiger partial charge in [-0.25, -0.2) is 4.39 Å². The van der Waals surface area contributed by atoms with Gasteiger partial charge >= 0.3 is 0 Å². The van der Waals surface area contributed by atoms with E-state index in [1.807, 2.05) is 4.90 Å². The van der Waals surface area contributed by atoms with Crippen LogP contribution in [0.25, 0.3) is 0 Å². The van der Waals surface area contributed by atoms with Gasteiger partial charge in [0, 0.05) is 38.6 Å². The highest BCUT2D eigenvalue weighted by Crippen LogP contribution is 2.26. The van der Waals surface area contributed by atoms with Gasteiger partial charge < -0.3 is 14.2 Å². The summed E-state index contributed by atoms with van der Waals surface area (Å²) < 4.78 is 24.1. The molecule has 28 heavy (non-hydrogen) atoms. The van der Waals surface area contributed by atoms with E-state index in [2.05, 4.69) is 10.1 Å². The smallest absolute Gasteiger partial charge is 0.226 e. The first-order valence-electron chi connectivity index (χ1n) is 10.1. The van der Waals surface area contributed by atoms with Crippen molar-refractivity contribution in [3.05, 3.63) is 47.4 Å². The molecule has 3 heterocycles. The highest BCUT2D eigenvalue weighted by molar-refractivity contribution is 5.78. The van der Waals surface area contributed by atoms with Gasteiger partial charge in [0.15, 0.2) is 5.82 Å². The van der Waals surface area contributed by atoms with Crippen LogP contribution < -0.4 is 0 Å². The van der Waals surface area contributed by atoms with Crippen LogP contribution in [0.2, 0.25) is 0 Å². The normalized spacial score (nSPS) is 19.1. The SMILES string of the molecule is O=C(Cc1cccc(F)c1)N1CCC(Cc2nc(C3CCOCC3)no2)CC1. The number of hydrogen-bond acceptors (Lipinski definition) is 5. The van der Waals surface area contributed by atoms with E-state index in [0.717, 1.165) is 69.8 Å². The number of carbonyl (C=O) groups excluding carboxylic acids is 1. The molecule has 0 bridgehead atoms. The quantitative estimate of drug-likeness (QED) is 0.788. The van der Waals surface area contributed by atoms with Crippen molar-refractivity contribution < 1.29 is 18.4 Å². The van der Waals surface area contributed by atoms with Gasteiger partial charge in [-0.1, -0.05) is 17.3 Å². The molecule has 1 aromatic heterocycles. The molecule has 2 saturated heterocycles. The third kappa shape index (κ3) is 4.76. The first-order chi connectivity index (χ1) is 13.7. The summed E-state index contributed by atoms with van der Waals surface area (Å²) in [4.78, 5) is 18.9. The van der Waals surface area contributed by atoms with Crippen molar-refractivity contribution in [1.29, 1.82) is 0 Å². The van der Waals surface area contributed by atoms with E-state index in [1.54, 1.807) is 12.1 Å². The lowest BCUT2D eigenvalue weighted by atomic mass is 9.93. The third-order valence-corrected chi connectivity index (χ3v) is 5.75. The molecule has 0 spiro atoms. The minimum Gasteiger partial charge on any atom is -0.381 e. The van der Waals surface area contributed by atoms with Gasteiger partial charge in [-0.2, -0.15) is 4.98 Å². The molecular formula is C21H26FN3O3. The van der Waals surface area contributed by atoms with E-state index in [0.29, 0.717) is 17.7 Å². The number of halogens is 1. The van der Waals surface area contributed by atoms with Crippen LogP contribution in [-0.2, 0) is 22.4 Å². The fraction of sp³-hybridized carbons (Fsp3) is 0.571. The molecule has 2 aliphatic rings. The van der Waals surface area contributed by atoms with Crippen molar-refractivity contribution in [3.63, 3.8) is 0 Å². The van der Waals surface area contributed by atoms with E-state index >= 15 is 0 Å². The number of aromatic nitrogens is 2. The zero-order chi connectivity index (χ0) is 19.3. The molecular weight excluding hydrogens is 361 g/mol. The molecule has 1 aromatic carbocycles. The lowest BCUT2D eigenvalue weighted by Crippen LogP contribution is -2.39. The summed E-state index contributed by atoms with van der Waals surface area (Å²) in [7, 11) is 0. The van der Waals surface area contributed by atoms with Gasteiger partial charge in [-0.15, -0.1) is 0 Å². The summed E-state index contributed by atoms with van der Waals surface area (Å²) in [5.41, 5.74) is 0.721. The van der Waals surface area contributed by atoms with Crippen LogP contribution in [0.4, 0.5) is 4.39 Å². The first kappa shape index (κ1) is 19.1. The summed E-state index contributed by atoms with van der Waals surface area (Å²) >= 11 is 0. The standard InChI is InChI=1S/C21H26FN3O3/c22-18-3-1-2-16(12-18)14-20(26)25-8-4-15(5-9-25)13-19-23-21(24-28-19)17-6-10-27-11-7-17/h1-3,12,15,17H,4-11,13-14H2. The molecule has 150 valence electrons. The Hall–Kier alpha value is -2.28. The Bertz CT molecular complexity index is 796. The molecule has 2 fully saturated rings. The second kappa shape index (κ2) is 8.82. The van der Waals surface area contributed by atoms with E-state index in [-0.39, 0.29) is 18.1 Å². The zero-order valence-electron chi connectivity index (χ0n) is 16.0. The number of amides is 1. The number of benzene rings is 1. The van der Waals surface area contributed by atoms with Crippen molar-refractivity contribution in [3.8, 4) is 0 Å². The largest absolute Gasteiger partial charge is 0.381 e. The Morgan fingerprint density at radius 1 is 1.18 bits per heavy atom. The van der Waals surface area contributed by atoms with Crippen LogP contribution >= 0.6 is 0 Å². The average Bonchev–Trinajstić information content (AvgIpc) is 3.18. The predicted octanol–water partition coefficient (Wildman–Crippen LogP) is 3.13. The van der Waals surface area contributed by atoms with Crippen molar-refractivity contribution >= 4 is 5.91 Å². The van der Waals surface area contributed by atoms with Crippen LogP contribution in [0.3, 0.4) is 0 Å². The van der Waals surface area contributed by atoms with Gasteiger partial charge in [-0.3, -0.25) is 4.79 Å². The lowest BCUT2D eigenvalue weighted by molar-refractivity contribution is -0.131. The van der Waals surface area contributed by atoms with Gasteiger partial charge in [0.2, 0.25) is 11.8 Å². The summed E-state index contributed by atoms with van der Waals surface area (Å²) in [6, 6.07) is 6.25. The summed E-state index contributed by atoms with van der Waals surface area (Å²) in [5.74, 6) is 2.05. The molecule has 0 unspecified atom stereocenters. The highest BCUT2D eigenvalue weighted by Gasteiger charge is 2.26. The summed E-state index contributed by atoms with van der Waals surface area (Å²) in [5, 5.41) is 4.17. The molecule has 0 N–H and O–H groups in total. The summed E-state index contributed by atoms with van der Waals surface area (Å²) in [6.07, 6.45) is 4.76. The predicted molar refractivity (Wildman–Crippen MR) is 100 cm³/mol. The molecule has 1 amide bonds. The van der Waals surface area contributed by atoms with E-state index in [1.165, 1.54) is 12.1 Å². The molecule has 2 aromatic rings. The van der Waals surface area contributed by atoms with E-state index in [9.17, 15) is 9.18 Å². The Morgan fingerprint density at radius 2 is 1.96 bits per heavy atom. The minimum absolute atomic E-state index is 0.0589. The summed E-state index contributed by atoms with van der Waals surface area (Å²) in [6.45, 7) is 2.97. The molecule has 0 saturated carbocycles. The number of likely N-dealkylation sites (tertiary alicyclic amines) is 1. The number of rotatable bonds is 5. The Kier molecular flexibility index (Phi) is 6.00. The number of piperidine rings is 1. The number of ether oxygens (including phenoxy) is 1. The maximum absolute atomic E-state index is 13.3. The van der Waals surface area contributed by atoms with Gasteiger partial charge in [0.25, 0.3) is 0 Å². The average molecular weight is 387 g/mol. The van der Waals surface area contributed by atoms with Crippen LogP contribution in [0.1, 0.15) is 48.9 Å². The second-order valence-corrected chi connectivity index (χ2v) is 7.77. The lowest BCUT2D eigenvalue weighted by Gasteiger charge is -2.31. The van der Waals surface area contributed by atoms with Crippen molar-refractivity contribution in [2.75, 3.05) is 26.3 Å². The highest BCUT2D eigenvalue weighted by atomic mass is 19.1. The molecule has 0 aliphatic carbocycles. The fourth-order valence-corrected chi connectivity index (χ4v) is 4.04. The first-order valence-corrected chi connectivity index (χ1v) is 10.1. The molecule has 0 radical (unpaired) electrons. The van der Waals surface area contributed by atoms with Crippen molar-refractivity contribution in [2.24, 2.45) is 5.92 Å². The molecule has 0 atom stereocenters. The van der Waals surface area contributed by atoms with Crippen molar-refractivity contribution in [2.45, 2.75) is 44.4 Å². The van der Waals surface area contributed by atoms with Gasteiger partial charge in [-0.05, 0) is 49.3 Å². The fourth-order valence-electron chi connectivity index (χ4n) is 4.04. The monoisotopic (exact) mass is 387 g/mol. The molecule has 2 aliphatic heterocycles. The number of hydrogen-bond donors (Lipinski definition) is 0. The maximum Gasteiger partial charge on any atom is 0.226 e. The maximum atomic E-state index is 13.3. The number of carbonyl (C=O) groups is 1. The zero-order valence-corrected chi connectivity index (χ0v) is 16.0. The second-order valence-electron chi connectivity index (χ2n) is 7.77. The minimum atomic E-state index is -0.302. The van der Waals surface area contributed by atoms with E-state index in [4.69, 9.17) is 9.26 Å². The van der Waals surface area contributed by atoms with Crippen molar-refractivity contribution in [1.82, 2.24) is 15.0 Å². The van der Waals surface area contributed by atoms with Gasteiger partial charge in [0.05, 0.1) is 6.42 Å². The number of nitrogens with zero attached hydrogens (tertiary/aromatic N) is 3. The van der Waals surface area contributed by atoms with Crippen LogP contribution in [0.5, 0.6) is 0 Å². The van der Waals surface area contributed by atoms with Crippen LogP contribution in [0, 0.1) is 11.7 Å². The topological polar surface area (TPSA) is 68.5 Å². The van der Waals surface area contributed by atoms with Crippen LogP contribution in [0.15, 0.2) is 28.8 Å². The molecule has 6 nitrogen and oxygen atoms in total.